The molecule has 8 heteroatoms. The van der Waals surface area contributed by atoms with Crippen LogP contribution in [0.1, 0.15) is 5.56 Å². The molecule has 2 aromatic heterocycles. The number of aryl methyl sites for hydroxylation is 1. The zero-order chi connectivity index (χ0) is 22.0. The van der Waals surface area contributed by atoms with Crippen LogP contribution in [0.2, 0.25) is 10.0 Å². The Kier molecular flexibility index (Phi) is 6.02. The summed E-state index contributed by atoms with van der Waals surface area (Å²) in [6.45, 7) is 1.77. The third-order valence-corrected chi connectivity index (χ3v) is 5.19. The van der Waals surface area contributed by atoms with Crippen LogP contribution in [0.25, 0.3) is 16.9 Å². The second-order valence-electron chi connectivity index (χ2n) is 6.88. The van der Waals surface area contributed by atoms with Gasteiger partial charge in [0.05, 0.1) is 12.1 Å². The normalized spacial score (nSPS) is 10.8. The molecule has 158 valence electrons. The van der Waals surface area contributed by atoms with Crippen molar-refractivity contribution in [2.75, 3.05) is 19.0 Å². The van der Waals surface area contributed by atoms with Crippen LogP contribution in [-0.4, -0.2) is 29.0 Å². The van der Waals surface area contributed by atoms with Gasteiger partial charge >= 0.3 is 0 Å². The number of aromatic nitrogens is 2. The number of nitrogens with one attached hydrogen (secondary N) is 1. The third kappa shape index (κ3) is 4.60. The van der Waals surface area contributed by atoms with Crippen molar-refractivity contribution >= 4 is 40.6 Å². The Morgan fingerprint density at radius 1 is 1.10 bits per heavy atom. The summed E-state index contributed by atoms with van der Waals surface area (Å²) < 4.78 is 12.6. The highest BCUT2D eigenvalue weighted by Gasteiger charge is 2.17. The van der Waals surface area contributed by atoms with Gasteiger partial charge in [-0.3, -0.25) is 9.20 Å². The number of carbonyl (C=O) groups excluding carboxylic acids is 1. The van der Waals surface area contributed by atoms with Crippen molar-refractivity contribution < 1.29 is 14.3 Å². The van der Waals surface area contributed by atoms with Crippen LogP contribution < -0.4 is 14.8 Å². The minimum absolute atomic E-state index is 0.220. The van der Waals surface area contributed by atoms with E-state index in [9.17, 15) is 4.79 Å². The average molecular weight is 456 g/mol. The molecule has 0 aliphatic heterocycles. The Morgan fingerprint density at radius 3 is 2.58 bits per heavy atom. The molecule has 0 aliphatic rings. The highest BCUT2D eigenvalue weighted by Crippen LogP contribution is 2.31. The molecule has 2 heterocycles. The molecule has 0 spiro atoms. The minimum atomic E-state index is -0.344. The van der Waals surface area contributed by atoms with Crippen molar-refractivity contribution in [3.63, 3.8) is 0 Å². The minimum Gasteiger partial charge on any atom is -0.497 e. The van der Waals surface area contributed by atoms with E-state index < -0.39 is 0 Å². The van der Waals surface area contributed by atoms with Gasteiger partial charge in [-0.25, -0.2) is 4.98 Å². The number of anilines is 1. The van der Waals surface area contributed by atoms with Crippen LogP contribution in [0.15, 0.2) is 60.8 Å². The topological polar surface area (TPSA) is 64.9 Å². The molecule has 4 rings (SSSR count). The van der Waals surface area contributed by atoms with Crippen molar-refractivity contribution in [3.05, 3.63) is 76.4 Å². The SMILES string of the molecule is COc1ccc(-c2nc3cc(C)ccn3c2NC(=O)COc2ccc(Cl)cc2Cl)cc1. The molecule has 2 aromatic carbocycles. The summed E-state index contributed by atoms with van der Waals surface area (Å²) in [5, 5.41) is 3.75. The van der Waals surface area contributed by atoms with Gasteiger partial charge in [-0.05, 0) is 67.1 Å². The standard InChI is InChI=1S/C23H19Cl2N3O3/c1-14-9-10-28-20(11-14)26-22(15-3-6-17(30-2)7-4-15)23(28)27-21(29)13-31-19-8-5-16(24)12-18(19)25/h3-12H,13H2,1-2H3,(H,27,29). The van der Waals surface area contributed by atoms with Gasteiger partial charge in [-0.1, -0.05) is 23.2 Å². The van der Waals surface area contributed by atoms with Gasteiger partial charge in [0.1, 0.15) is 28.7 Å². The van der Waals surface area contributed by atoms with E-state index >= 15 is 0 Å². The highest BCUT2D eigenvalue weighted by molar-refractivity contribution is 6.35. The number of hydrogen-bond donors (Lipinski definition) is 1. The lowest BCUT2D eigenvalue weighted by Crippen LogP contribution is -2.21. The summed E-state index contributed by atoms with van der Waals surface area (Å²) in [5.74, 6) is 1.33. The van der Waals surface area contributed by atoms with E-state index in [1.165, 1.54) is 0 Å². The molecule has 0 saturated carbocycles. The fourth-order valence-corrected chi connectivity index (χ4v) is 3.58. The maximum absolute atomic E-state index is 12.7. The predicted molar refractivity (Wildman–Crippen MR) is 123 cm³/mol. The molecule has 0 saturated heterocycles. The van der Waals surface area contributed by atoms with Crippen LogP contribution in [0.3, 0.4) is 0 Å². The Labute approximate surface area is 189 Å². The van der Waals surface area contributed by atoms with Gasteiger partial charge in [-0.15, -0.1) is 0 Å². The Bertz CT molecular complexity index is 1250. The van der Waals surface area contributed by atoms with Crippen LogP contribution in [-0.2, 0) is 4.79 Å². The summed E-state index contributed by atoms with van der Waals surface area (Å²) >= 11 is 12.0. The number of fused-ring (bicyclic) bond motifs is 1. The fraction of sp³-hybridized carbons (Fsp3) is 0.130. The summed E-state index contributed by atoms with van der Waals surface area (Å²) in [6.07, 6.45) is 1.87. The van der Waals surface area contributed by atoms with E-state index in [4.69, 9.17) is 37.7 Å². The lowest BCUT2D eigenvalue weighted by Gasteiger charge is -2.10. The van der Waals surface area contributed by atoms with E-state index in [-0.39, 0.29) is 12.5 Å². The number of nitrogens with zero attached hydrogens (tertiary/aromatic N) is 2. The fourth-order valence-electron chi connectivity index (χ4n) is 3.12. The van der Waals surface area contributed by atoms with Crippen LogP contribution in [0, 0.1) is 6.92 Å². The zero-order valence-corrected chi connectivity index (χ0v) is 18.4. The zero-order valence-electron chi connectivity index (χ0n) is 16.9. The molecule has 0 fully saturated rings. The summed E-state index contributed by atoms with van der Waals surface area (Å²) in [6, 6.07) is 16.2. The Balaban J connectivity index is 1.62. The molecule has 1 amide bonds. The molecule has 6 nitrogen and oxygen atoms in total. The number of methoxy groups -OCH3 is 1. The van der Waals surface area contributed by atoms with E-state index in [0.29, 0.717) is 27.3 Å². The first-order valence-electron chi connectivity index (χ1n) is 9.45. The number of halogens is 2. The Hall–Kier alpha value is -3.22. The molecule has 1 N–H and O–H groups in total. The molecule has 0 aliphatic carbocycles. The van der Waals surface area contributed by atoms with Gasteiger partial charge in [0.2, 0.25) is 0 Å². The first kappa shape index (κ1) is 21.0. The summed E-state index contributed by atoms with van der Waals surface area (Å²) in [4.78, 5) is 17.4. The van der Waals surface area contributed by atoms with Gasteiger partial charge in [0.25, 0.3) is 5.91 Å². The molecule has 0 unspecified atom stereocenters. The predicted octanol–water partition coefficient (Wildman–Crippen LogP) is 5.64. The van der Waals surface area contributed by atoms with Gasteiger partial charge < -0.3 is 14.8 Å². The lowest BCUT2D eigenvalue weighted by atomic mass is 10.1. The molecule has 0 bridgehead atoms. The first-order chi connectivity index (χ1) is 14.9. The molecular weight excluding hydrogens is 437 g/mol. The van der Waals surface area contributed by atoms with Crippen molar-refractivity contribution in [2.24, 2.45) is 0 Å². The molecule has 0 radical (unpaired) electrons. The lowest BCUT2D eigenvalue weighted by molar-refractivity contribution is -0.118. The maximum Gasteiger partial charge on any atom is 0.263 e. The number of hydrogen-bond acceptors (Lipinski definition) is 4. The number of pyridine rings is 1. The highest BCUT2D eigenvalue weighted by atomic mass is 35.5. The number of amides is 1. The van der Waals surface area contributed by atoms with Crippen LogP contribution >= 0.6 is 23.2 Å². The van der Waals surface area contributed by atoms with Crippen molar-refractivity contribution in [3.8, 4) is 22.8 Å². The molecule has 0 atom stereocenters. The molecule has 31 heavy (non-hydrogen) atoms. The summed E-state index contributed by atoms with van der Waals surface area (Å²) in [5.41, 5.74) is 3.28. The quantitative estimate of drug-likeness (QED) is 0.408. The van der Waals surface area contributed by atoms with Crippen molar-refractivity contribution in [2.45, 2.75) is 6.92 Å². The number of benzene rings is 2. The number of carbonyl (C=O) groups is 1. The number of imidazole rings is 1. The van der Waals surface area contributed by atoms with Crippen LogP contribution in [0.5, 0.6) is 11.5 Å². The van der Waals surface area contributed by atoms with Gasteiger partial charge in [0.15, 0.2) is 6.61 Å². The van der Waals surface area contributed by atoms with Crippen molar-refractivity contribution in [1.29, 1.82) is 0 Å². The Morgan fingerprint density at radius 2 is 1.87 bits per heavy atom. The second kappa shape index (κ2) is 8.88. The van der Waals surface area contributed by atoms with Crippen molar-refractivity contribution in [1.82, 2.24) is 9.38 Å². The van der Waals surface area contributed by atoms with E-state index in [1.807, 2.05) is 53.9 Å². The van der Waals surface area contributed by atoms with Gasteiger partial charge in [-0.2, -0.15) is 0 Å². The monoisotopic (exact) mass is 455 g/mol. The average Bonchev–Trinajstić information content (AvgIpc) is 3.10. The maximum atomic E-state index is 12.7. The molecular formula is C23H19Cl2N3O3. The third-order valence-electron chi connectivity index (χ3n) is 4.66. The summed E-state index contributed by atoms with van der Waals surface area (Å²) in [7, 11) is 1.61. The smallest absolute Gasteiger partial charge is 0.263 e. The largest absolute Gasteiger partial charge is 0.497 e. The second-order valence-corrected chi connectivity index (χ2v) is 7.73. The van der Waals surface area contributed by atoms with E-state index in [1.54, 1.807) is 25.3 Å². The van der Waals surface area contributed by atoms with E-state index in [2.05, 4.69) is 5.32 Å². The molecule has 4 aromatic rings. The van der Waals surface area contributed by atoms with E-state index in [0.717, 1.165) is 22.5 Å². The van der Waals surface area contributed by atoms with Gasteiger partial charge in [0, 0.05) is 16.8 Å². The van der Waals surface area contributed by atoms with Crippen LogP contribution in [0.4, 0.5) is 5.82 Å². The number of rotatable bonds is 6. The number of ether oxygens (including phenoxy) is 2. The first-order valence-corrected chi connectivity index (χ1v) is 10.2.